The summed E-state index contributed by atoms with van der Waals surface area (Å²) in [6, 6.07) is 0. The molecule has 0 saturated heterocycles. The van der Waals surface area contributed by atoms with Gasteiger partial charge in [0.1, 0.15) is 3.36 Å². The molecule has 0 aliphatic rings. The summed E-state index contributed by atoms with van der Waals surface area (Å²) in [5, 5.41) is 0. The molecule has 0 rings (SSSR count). The average molecular weight is 587 g/mol. The van der Waals surface area contributed by atoms with Gasteiger partial charge in [0, 0.05) is 0 Å². The zero-order valence-electron chi connectivity index (χ0n) is 5.37. The van der Waals surface area contributed by atoms with E-state index in [2.05, 4.69) is 109 Å². The Bertz CT molecular complexity index is 117. The van der Waals surface area contributed by atoms with Crippen LogP contribution in [0.4, 0.5) is 0 Å². The number of allylic oxidation sites excluding steroid dienone is 2. The van der Waals surface area contributed by atoms with E-state index in [0.717, 1.165) is 6.42 Å². The number of hydrogen-bond donors (Lipinski definition) is 0. The minimum atomic E-state index is 0.201. The fourth-order valence-corrected chi connectivity index (χ4v) is 1.20. The SMILES string of the molecule is CCC=CC(I)(I)[C](I)I. The topological polar surface area (TPSA) is 0 Å². The molecule has 0 aromatic rings. The third kappa shape index (κ3) is 5.33. The molecular weight excluding hydrogens is 580 g/mol. The molecule has 0 spiro atoms. The van der Waals surface area contributed by atoms with Gasteiger partial charge in [-0.25, -0.2) is 0 Å². The molecule has 0 N–H and O–H groups in total. The van der Waals surface area contributed by atoms with E-state index in [0.29, 0.717) is 0 Å². The highest BCUT2D eigenvalue weighted by atomic mass is 127. The van der Waals surface area contributed by atoms with Crippen molar-refractivity contribution in [1.29, 1.82) is 0 Å². The minimum absolute atomic E-state index is 0.201. The molecule has 0 nitrogen and oxygen atoms in total. The molecule has 10 heavy (non-hydrogen) atoms. The molecule has 0 unspecified atom stereocenters. The van der Waals surface area contributed by atoms with E-state index in [4.69, 9.17) is 0 Å². The van der Waals surface area contributed by atoms with Gasteiger partial charge in [-0.1, -0.05) is 109 Å². The number of hydrogen-bond acceptors (Lipinski definition) is 0. The first-order valence-electron chi connectivity index (χ1n) is 2.74. The Morgan fingerprint density at radius 3 is 2.20 bits per heavy atom. The summed E-state index contributed by atoms with van der Waals surface area (Å²) >= 11 is 9.60. The Hall–Kier alpha value is 2.66. The highest BCUT2D eigenvalue weighted by molar-refractivity contribution is 14.2. The van der Waals surface area contributed by atoms with Gasteiger partial charge < -0.3 is 0 Å². The summed E-state index contributed by atoms with van der Waals surface area (Å²) < 4.78 is 1.58. The Kier molecular flexibility index (Phi) is 7.81. The third-order valence-corrected chi connectivity index (χ3v) is 8.44. The molecule has 0 amide bonds. The van der Waals surface area contributed by atoms with Gasteiger partial charge in [0.2, 0.25) is 0 Å². The molecule has 4 heteroatoms. The largest absolute Gasteiger partial charge is 0.126 e. The summed E-state index contributed by atoms with van der Waals surface area (Å²) in [5.74, 6) is 0. The Morgan fingerprint density at radius 1 is 1.40 bits per heavy atom. The predicted octanol–water partition coefficient (Wildman–Crippen LogP) is 4.88. The van der Waals surface area contributed by atoms with Crippen molar-refractivity contribution >= 4 is 90.4 Å². The Morgan fingerprint density at radius 2 is 1.90 bits per heavy atom. The van der Waals surface area contributed by atoms with Crippen LogP contribution in [0.1, 0.15) is 13.3 Å². The zero-order valence-corrected chi connectivity index (χ0v) is 14.0. The first-order chi connectivity index (χ1) is 4.50. The maximum Gasteiger partial charge on any atom is 0.126 e. The molecule has 1 radical (unpaired) electrons. The summed E-state index contributed by atoms with van der Waals surface area (Å²) in [5.41, 5.74) is 0. The Labute approximate surface area is 117 Å². The van der Waals surface area contributed by atoms with E-state index in [1.807, 2.05) is 0 Å². The zero-order chi connectivity index (χ0) is 8.20. The van der Waals surface area contributed by atoms with Crippen LogP contribution in [0.5, 0.6) is 0 Å². The first-order valence-corrected chi connectivity index (χ1v) is 7.06. The number of halogens is 4. The van der Waals surface area contributed by atoms with Gasteiger partial charge in [0.25, 0.3) is 0 Å². The molecule has 0 heterocycles. The van der Waals surface area contributed by atoms with Crippen LogP contribution in [0.3, 0.4) is 0 Å². The van der Waals surface area contributed by atoms with Crippen molar-refractivity contribution in [3.05, 3.63) is 14.1 Å². The molecule has 0 atom stereocenters. The van der Waals surface area contributed by atoms with Crippen molar-refractivity contribution in [2.75, 3.05) is 0 Å². The molecule has 0 aromatic carbocycles. The van der Waals surface area contributed by atoms with Crippen molar-refractivity contribution in [2.45, 2.75) is 14.8 Å². The molecule has 0 bridgehead atoms. The maximum absolute atomic E-state index is 2.44. The van der Waals surface area contributed by atoms with Crippen LogP contribution in [0.25, 0.3) is 0 Å². The van der Waals surface area contributed by atoms with Gasteiger partial charge in [-0.2, -0.15) is 0 Å². The van der Waals surface area contributed by atoms with Crippen LogP contribution < -0.4 is 0 Å². The van der Waals surface area contributed by atoms with E-state index in [1.54, 1.807) is 0 Å². The molecule has 0 saturated carbocycles. The first kappa shape index (κ1) is 12.7. The monoisotopic (exact) mass is 587 g/mol. The third-order valence-electron chi connectivity index (χ3n) is 0.815. The highest BCUT2D eigenvalue weighted by Crippen LogP contribution is 2.46. The molecule has 0 aliphatic carbocycles. The van der Waals surface area contributed by atoms with E-state index >= 15 is 0 Å². The van der Waals surface area contributed by atoms with Gasteiger partial charge in [-0.05, 0) is 6.42 Å². The number of alkyl halides is 2. The van der Waals surface area contributed by atoms with Crippen LogP contribution in [0.2, 0.25) is 0 Å². The second-order valence-electron chi connectivity index (χ2n) is 1.69. The van der Waals surface area contributed by atoms with Crippen molar-refractivity contribution < 1.29 is 0 Å². The van der Waals surface area contributed by atoms with Gasteiger partial charge >= 0.3 is 0 Å². The smallest absolute Gasteiger partial charge is 0.0866 e. The van der Waals surface area contributed by atoms with Crippen molar-refractivity contribution in [1.82, 2.24) is 0 Å². The Balaban J connectivity index is 3.98. The standard InChI is InChI=1S/C6H7I4/c1-2-3-4-6(9,10)5(7)8/h3-4H,2H2,1H3. The van der Waals surface area contributed by atoms with Crippen LogP contribution in [0, 0.1) is 1.93 Å². The summed E-state index contributed by atoms with van der Waals surface area (Å²) in [6.45, 7) is 2.15. The predicted molar refractivity (Wildman–Crippen MR) is 81.5 cm³/mol. The van der Waals surface area contributed by atoms with Crippen LogP contribution in [-0.4, -0.2) is 1.43 Å². The fraction of sp³-hybridized carbons (Fsp3) is 0.500. The van der Waals surface area contributed by atoms with E-state index in [9.17, 15) is 0 Å². The average Bonchev–Trinajstić information content (AvgIpc) is 1.84. The second-order valence-corrected chi connectivity index (χ2v) is 11.4. The normalized spacial score (nSPS) is 13.4. The van der Waals surface area contributed by atoms with Crippen molar-refractivity contribution in [2.24, 2.45) is 0 Å². The number of rotatable bonds is 3. The molecule has 0 aromatic heterocycles. The van der Waals surface area contributed by atoms with Gasteiger partial charge in [0.05, 0.1) is 0 Å². The summed E-state index contributed by atoms with van der Waals surface area (Å²) in [4.78, 5) is 0. The van der Waals surface area contributed by atoms with Crippen LogP contribution >= 0.6 is 90.4 Å². The lowest BCUT2D eigenvalue weighted by Crippen LogP contribution is -2.07. The van der Waals surface area contributed by atoms with Gasteiger partial charge in [-0.3, -0.25) is 0 Å². The molecule has 59 valence electrons. The van der Waals surface area contributed by atoms with E-state index in [1.165, 1.54) is 1.93 Å². The lowest BCUT2D eigenvalue weighted by Gasteiger charge is -2.16. The molecular formula is C6H7I4. The van der Waals surface area contributed by atoms with Crippen molar-refractivity contribution in [3.8, 4) is 0 Å². The summed E-state index contributed by atoms with van der Waals surface area (Å²) in [6.07, 6.45) is 5.56. The maximum atomic E-state index is 2.44. The van der Waals surface area contributed by atoms with Gasteiger partial charge in [-0.15, -0.1) is 0 Å². The highest BCUT2D eigenvalue weighted by Gasteiger charge is 2.26. The molecule has 0 fully saturated rings. The minimum Gasteiger partial charge on any atom is -0.0866 e. The fourth-order valence-electron chi connectivity index (χ4n) is 0.329. The van der Waals surface area contributed by atoms with Crippen LogP contribution in [0.15, 0.2) is 12.2 Å². The van der Waals surface area contributed by atoms with Crippen LogP contribution in [-0.2, 0) is 0 Å². The molecule has 0 aliphatic heterocycles. The second kappa shape index (κ2) is 6.17. The van der Waals surface area contributed by atoms with Crippen molar-refractivity contribution in [3.63, 3.8) is 0 Å². The van der Waals surface area contributed by atoms with E-state index < -0.39 is 0 Å². The lowest BCUT2D eigenvalue weighted by atomic mass is 10.4. The van der Waals surface area contributed by atoms with E-state index in [-0.39, 0.29) is 1.43 Å². The summed E-state index contributed by atoms with van der Waals surface area (Å²) in [7, 11) is 0. The lowest BCUT2D eigenvalue weighted by molar-refractivity contribution is 1.20. The quantitative estimate of drug-likeness (QED) is 0.251. The van der Waals surface area contributed by atoms with Gasteiger partial charge in [0.15, 0.2) is 0 Å².